The number of carbonyl (C=O) groups excluding carboxylic acids is 1. The number of urea groups is 1. The van der Waals surface area contributed by atoms with Gasteiger partial charge in [0.1, 0.15) is 0 Å². The molecule has 0 saturated carbocycles. The number of aliphatic hydroxyl groups is 1. The zero-order valence-corrected chi connectivity index (χ0v) is 15.2. The van der Waals surface area contributed by atoms with Gasteiger partial charge in [-0.15, -0.1) is 0 Å². The highest BCUT2D eigenvalue weighted by molar-refractivity contribution is 5.77. The molecule has 2 aromatic carbocycles. The monoisotopic (exact) mass is 348 g/mol. The summed E-state index contributed by atoms with van der Waals surface area (Å²) in [4.78, 5) is 13.9. The smallest absolute Gasteiger partial charge is 0.318 e. The van der Waals surface area contributed by atoms with Gasteiger partial charge < -0.3 is 15.3 Å². The quantitative estimate of drug-likeness (QED) is 0.834. The Labute approximate surface area is 154 Å². The van der Waals surface area contributed by atoms with Crippen molar-refractivity contribution < 1.29 is 9.90 Å². The minimum Gasteiger partial charge on any atom is -0.396 e. The summed E-state index contributed by atoms with van der Waals surface area (Å²) in [5, 5.41) is 11.9. The highest BCUT2D eigenvalue weighted by atomic mass is 16.3. The van der Waals surface area contributed by atoms with Gasteiger partial charge in [0.25, 0.3) is 0 Å². The molecule has 4 heteroatoms. The third kappa shape index (κ3) is 4.07. The molecule has 26 heavy (non-hydrogen) atoms. The third-order valence-electron chi connectivity index (χ3n) is 4.57. The Morgan fingerprint density at radius 2 is 1.65 bits per heavy atom. The van der Waals surface area contributed by atoms with Crippen molar-refractivity contribution in [3.63, 3.8) is 0 Å². The molecule has 1 heterocycles. The van der Waals surface area contributed by atoms with Crippen molar-refractivity contribution in [1.29, 1.82) is 0 Å². The standard InChI is InChI=1S/C22H24N2O2/c1-16(2)24-21(15-23-22(24)26)20-11-9-18(10-12-20)4-3-17-5-7-19(8-6-17)13-14-25/h5-12,16,21,25H,13-15H2,1-2H3,(H,23,26). The van der Waals surface area contributed by atoms with E-state index in [4.69, 9.17) is 5.11 Å². The molecule has 2 amide bonds. The molecule has 0 spiro atoms. The first-order valence-electron chi connectivity index (χ1n) is 8.96. The summed E-state index contributed by atoms with van der Waals surface area (Å²) in [5.74, 6) is 6.34. The number of hydrogen-bond acceptors (Lipinski definition) is 2. The molecule has 2 aromatic rings. The van der Waals surface area contributed by atoms with Crippen LogP contribution in [0, 0.1) is 11.8 Å². The van der Waals surface area contributed by atoms with Crippen molar-refractivity contribution in [1.82, 2.24) is 10.2 Å². The number of carbonyl (C=O) groups is 1. The van der Waals surface area contributed by atoms with Gasteiger partial charge in [0, 0.05) is 30.3 Å². The SMILES string of the molecule is CC(C)N1C(=O)NCC1c1ccc(C#Cc2ccc(CCO)cc2)cc1. The van der Waals surface area contributed by atoms with Gasteiger partial charge >= 0.3 is 6.03 Å². The van der Waals surface area contributed by atoms with Gasteiger partial charge in [0.05, 0.1) is 6.04 Å². The maximum Gasteiger partial charge on any atom is 0.318 e. The number of hydrogen-bond donors (Lipinski definition) is 2. The fraction of sp³-hybridized carbons (Fsp3) is 0.318. The normalized spacial score (nSPS) is 16.4. The Morgan fingerprint density at radius 1 is 1.08 bits per heavy atom. The highest BCUT2D eigenvalue weighted by Crippen LogP contribution is 2.26. The van der Waals surface area contributed by atoms with E-state index in [1.807, 2.05) is 55.1 Å². The molecule has 134 valence electrons. The van der Waals surface area contributed by atoms with Gasteiger partial charge in [0.15, 0.2) is 0 Å². The summed E-state index contributed by atoms with van der Waals surface area (Å²) in [5.41, 5.74) is 4.13. The molecule has 4 nitrogen and oxygen atoms in total. The molecule has 1 aliphatic heterocycles. The molecular formula is C22H24N2O2. The van der Waals surface area contributed by atoms with Crippen LogP contribution < -0.4 is 5.32 Å². The lowest BCUT2D eigenvalue weighted by Crippen LogP contribution is -2.35. The number of nitrogens with zero attached hydrogens (tertiary/aromatic N) is 1. The van der Waals surface area contributed by atoms with Crippen molar-refractivity contribution in [2.75, 3.05) is 13.2 Å². The molecule has 1 fully saturated rings. The second-order valence-corrected chi connectivity index (χ2v) is 6.75. The van der Waals surface area contributed by atoms with Crippen LogP contribution in [0.1, 0.15) is 42.1 Å². The minimum absolute atomic E-state index is 0.00138. The van der Waals surface area contributed by atoms with Gasteiger partial charge in [-0.2, -0.15) is 0 Å². The number of nitrogens with one attached hydrogen (secondary N) is 1. The van der Waals surface area contributed by atoms with Crippen molar-refractivity contribution in [3.8, 4) is 11.8 Å². The highest BCUT2D eigenvalue weighted by Gasteiger charge is 2.33. The molecule has 0 aliphatic carbocycles. The molecule has 3 rings (SSSR count). The fourth-order valence-electron chi connectivity index (χ4n) is 3.20. The average molecular weight is 348 g/mol. The van der Waals surface area contributed by atoms with Gasteiger partial charge in [-0.25, -0.2) is 4.79 Å². The Bertz CT molecular complexity index is 814. The first kappa shape index (κ1) is 18.0. The van der Waals surface area contributed by atoms with E-state index in [-0.39, 0.29) is 24.7 Å². The van der Waals surface area contributed by atoms with Crippen LogP contribution in [-0.2, 0) is 6.42 Å². The van der Waals surface area contributed by atoms with E-state index in [0.717, 1.165) is 22.3 Å². The Balaban J connectivity index is 1.71. The van der Waals surface area contributed by atoms with Crippen molar-refractivity contribution in [2.24, 2.45) is 0 Å². The Hall–Kier alpha value is -2.77. The van der Waals surface area contributed by atoms with Crippen LogP contribution in [-0.4, -0.2) is 35.2 Å². The molecule has 1 unspecified atom stereocenters. The van der Waals surface area contributed by atoms with E-state index in [0.29, 0.717) is 13.0 Å². The van der Waals surface area contributed by atoms with Crippen LogP contribution in [0.5, 0.6) is 0 Å². The summed E-state index contributed by atoms with van der Waals surface area (Å²) >= 11 is 0. The Morgan fingerprint density at radius 3 is 2.19 bits per heavy atom. The predicted molar refractivity (Wildman–Crippen MR) is 103 cm³/mol. The van der Waals surface area contributed by atoms with Crippen LogP contribution in [0.3, 0.4) is 0 Å². The third-order valence-corrected chi connectivity index (χ3v) is 4.57. The van der Waals surface area contributed by atoms with Crippen LogP contribution in [0.2, 0.25) is 0 Å². The van der Waals surface area contributed by atoms with Crippen molar-refractivity contribution in [3.05, 3.63) is 70.8 Å². The topological polar surface area (TPSA) is 52.6 Å². The number of benzene rings is 2. The van der Waals surface area contributed by atoms with E-state index in [9.17, 15) is 4.79 Å². The largest absolute Gasteiger partial charge is 0.396 e. The molecule has 1 saturated heterocycles. The number of amides is 2. The van der Waals surface area contributed by atoms with E-state index >= 15 is 0 Å². The zero-order chi connectivity index (χ0) is 18.5. The van der Waals surface area contributed by atoms with E-state index in [1.165, 1.54) is 0 Å². The maximum atomic E-state index is 12.0. The number of aliphatic hydroxyl groups excluding tert-OH is 1. The summed E-state index contributed by atoms with van der Waals surface area (Å²) < 4.78 is 0. The Kier molecular flexibility index (Phi) is 5.60. The lowest BCUT2D eigenvalue weighted by atomic mass is 10.0. The fourth-order valence-corrected chi connectivity index (χ4v) is 3.20. The molecular weight excluding hydrogens is 324 g/mol. The summed E-state index contributed by atoms with van der Waals surface area (Å²) in [6.45, 7) is 4.86. The van der Waals surface area contributed by atoms with Gasteiger partial charge in [0.2, 0.25) is 0 Å². The number of rotatable bonds is 4. The van der Waals surface area contributed by atoms with Gasteiger partial charge in [-0.1, -0.05) is 36.1 Å². The molecule has 2 N–H and O–H groups in total. The lowest BCUT2D eigenvalue weighted by Gasteiger charge is -2.27. The summed E-state index contributed by atoms with van der Waals surface area (Å²) in [6.07, 6.45) is 0.668. The summed E-state index contributed by atoms with van der Waals surface area (Å²) in [6, 6.07) is 16.3. The molecule has 0 bridgehead atoms. The van der Waals surface area contributed by atoms with Crippen LogP contribution in [0.15, 0.2) is 48.5 Å². The predicted octanol–water partition coefficient (Wildman–Crippen LogP) is 3.10. The van der Waals surface area contributed by atoms with Gasteiger partial charge in [-0.05, 0) is 55.7 Å². The van der Waals surface area contributed by atoms with Crippen LogP contribution in [0.25, 0.3) is 0 Å². The second kappa shape index (κ2) is 8.07. The van der Waals surface area contributed by atoms with E-state index in [1.54, 1.807) is 0 Å². The first-order valence-corrected chi connectivity index (χ1v) is 8.96. The molecule has 0 radical (unpaired) electrons. The first-order chi connectivity index (χ1) is 12.6. The van der Waals surface area contributed by atoms with Crippen LogP contribution >= 0.6 is 0 Å². The van der Waals surface area contributed by atoms with Crippen molar-refractivity contribution in [2.45, 2.75) is 32.4 Å². The van der Waals surface area contributed by atoms with E-state index < -0.39 is 0 Å². The van der Waals surface area contributed by atoms with Crippen molar-refractivity contribution >= 4 is 6.03 Å². The zero-order valence-electron chi connectivity index (χ0n) is 15.2. The summed E-state index contributed by atoms with van der Waals surface area (Å²) in [7, 11) is 0. The molecule has 1 aliphatic rings. The lowest BCUT2D eigenvalue weighted by molar-refractivity contribution is 0.187. The van der Waals surface area contributed by atoms with Gasteiger partial charge in [-0.3, -0.25) is 0 Å². The molecule has 0 aromatic heterocycles. The minimum atomic E-state index is -0.00138. The van der Waals surface area contributed by atoms with Crippen LogP contribution in [0.4, 0.5) is 4.79 Å². The maximum absolute atomic E-state index is 12.0. The second-order valence-electron chi connectivity index (χ2n) is 6.75. The molecule has 1 atom stereocenters. The van der Waals surface area contributed by atoms with E-state index in [2.05, 4.69) is 29.3 Å². The average Bonchev–Trinajstić information content (AvgIpc) is 3.04.